The van der Waals surface area contributed by atoms with E-state index in [1.54, 1.807) is 0 Å². The summed E-state index contributed by atoms with van der Waals surface area (Å²) in [6.07, 6.45) is 0.121. The number of hydrogen-bond donors (Lipinski definition) is 1. The molecule has 0 saturated carbocycles. The van der Waals surface area contributed by atoms with Gasteiger partial charge in [-0.2, -0.15) is 13.2 Å². The largest absolute Gasteiger partial charge is 0.491 e. The fourth-order valence-electron chi connectivity index (χ4n) is 1.67. The van der Waals surface area contributed by atoms with Crippen molar-refractivity contribution in [2.45, 2.75) is 38.4 Å². The van der Waals surface area contributed by atoms with Crippen LogP contribution < -0.4 is 10.1 Å². The molecule has 1 aromatic rings. The van der Waals surface area contributed by atoms with E-state index in [-0.39, 0.29) is 29.7 Å². The molecule has 0 aromatic heterocycles. The first-order chi connectivity index (χ1) is 9.28. The Balaban J connectivity index is 2.38. The van der Waals surface area contributed by atoms with Crippen LogP contribution in [0.5, 0.6) is 5.75 Å². The van der Waals surface area contributed by atoms with Crippen LogP contribution in [0.3, 0.4) is 0 Å². The first-order valence-electron chi connectivity index (χ1n) is 6.48. The van der Waals surface area contributed by atoms with Crippen LogP contribution in [0.4, 0.5) is 13.2 Å². The van der Waals surface area contributed by atoms with Crippen molar-refractivity contribution in [3.8, 4) is 5.75 Å². The second-order valence-electron chi connectivity index (χ2n) is 4.71. The summed E-state index contributed by atoms with van der Waals surface area (Å²) in [5, 5.41) is 3.07. The van der Waals surface area contributed by atoms with Crippen molar-refractivity contribution in [1.29, 1.82) is 0 Å². The summed E-state index contributed by atoms with van der Waals surface area (Å²) < 4.78 is 41.5. The molecule has 0 fully saturated rings. The Hall–Kier alpha value is -0.880. The number of halogens is 3. The quantitative estimate of drug-likeness (QED) is 0.755. The van der Waals surface area contributed by atoms with Crippen molar-refractivity contribution in [1.82, 2.24) is 5.32 Å². The Morgan fingerprint density at radius 2 is 1.75 bits per heavy atom. The molecule has 1 rings (SSSR count). The molecule has 0 heterocycles. The SMILES string of the molecule is CC(C)Oc1ccc(C(C)NCCSC(F)(F)F)cc1. The van der Waals surface area contributed by atoms with Gasteiger partial charge in [0.15, 0.2) is 0 Å². The number of hydrogen-bond acceptors (Lipinski definition) is 3. The second kappa shape index (κ2) is 7.78. The van der Waals surface area contributed by atoms with E-state index in [0.29, 0.717) is 6.54 Å². The van der Waals surface area contributed by atoms with Gasteiger partial charge in [-0.15, -0.1) is 0 Å². The zero-order valence-corrected chi connectivity index (χ0v) is 12.6. The molecule has 1 aromatic carbocycles. The van der Waals surface area contributed by atoms with Gasteiger partial charge in [-0.25, -0.2) is 0 Å². The Morgan fingerprint density at radius 3 is 2.25 bits per heavy atom. The monoisotopic (exact) mass is 307 g/mol. The van der Waals surface area contributed by atoms with Gasteiger partial charge in [0, 0.05) is 18.3 Å². The zero-order chi connectivity index (χ0) is 15.2. The van der Waals surface area contributed by atoms with Gasteiger partial charge in [0.1, 0.15) is 5.75 Å². The van der Waals surface area contributed by atoms with Crippen molar-refractivity contribution in [3.05, 3.63) is 29.8 Å². The number of nitrogens with one attached hydrogen (secondary N) is 1. The van der Waals surface area contributed by atoms with Crippen molar-refractivity contribution < 1.29 is 17.9 Å². The first kappa shape index (κ1) is 17.2. The lowest BCUT2D eigenvalue weighted by Gasteiger charge is -2.16. The van der Waals surface area contributed by atoms with Crippen LogP contribution in [0.1, 0.15) is 32.4 Å². The van der Waals surface area contributed by atoms with E-state index in [2.05, 4.69) is 5.32 Å². The van der Waals surface area contributed by atoms with Gasteiger partial charge in [-0.3, -0.25) is 0 Å². The van der Waals surface area contributed by atoms with Crippen molar-refractivity contribution >= 4 is 11.8 Å². The summed E-state index contributed by atoms with van der Waals surface area (Å²) in [6.45, 7) is 6.15. The van der Waals surface area contributed by atoms with Crippen LogP contribution in [0.15, 0.2) is 24.3 Å². The first-order valence-corrected chi connectivity index (χ1v) is 7.47. The van der Waals surface area contributed by atoms with Crippen molar-refractivity contribution in [3.63, 3.8) is 0 Å². The molecular formula is C14H20F3NOS. The minimum absolute atomic E-state index is 0.00249. The molecule has 0 amide bonds. The van der Waals surface area contributed by atoms with E-state index in [1.807, 2.05) is 45.0 Å². The Kier molecular flexibility index (Phi) is 6.68. The third-order valence-electron chi connectivity index (χ3n) is 2.57. The fourth-order valence-corrected chi connectivity index (χ4v) is 2.12. The number of benzene rings is 1. The summed E-state index contributed by atoms with van der Waals surface area (Å²) in [5.41, 5.74) is -3.13. The predicted molar refractivity (Wildman–Crippen MR) is 77.1 cm³/mol. The molecule has 6 heteroatoms. The average molecular weight is 307 g/mol. The molecule has 0 saturated heterocycles. The zero-order valence-electron chi connectivity index (χ0n) is 11.8. The van der Waals surface area contributed by atoms with E-state index in [4.69, 9.17) is 4.74 Å². The summed E-state index contributed by atoms with van der Waals surface area (Å²) >= 11 is -0.00249. The molecular weight excluding hydrogens is 287 g/mol. The Bertz CT molecular complexity index is 392. The van der Waals surface area contributed by atoms with E-state index < -0.39 is 5.51 Å². The lowest BCUT2D eigenvalue weighted by Crippen LogP contribution is -2.22. The van der Waals surface area contributed by atoms with Crippen LogP contribution in [0.25, 0.3) is 0 Å². The molecule has 0 spiro atoms. The van der Waals surface area contributed by atoms with Gasteiger partial charge in [0.2, 0.25) is 0 Å². The highest BCUT2D eigenvalue weighted by Gasteiger charge is 2.27. The maximum absolute atomic E-state index is 12.0. The minimum atomic E-state index is -4.15. The molecule has 0 aliphatic carbocycles. The summed E-state index contributed by atoms with van der Waals surface area (Å²) in [7, 11) is 0. The summed E-state index contributed by atoms with van der Waals surface area (Å²) in [4.78, 5) is 0. The van der Waals surface area contributed by atoms with Crippen LogP contribution in [-0.2, 0) is 0 Å². The molecule has 1 N–H and O–H groups in total. The van der Waals surface area contributed by atoms with E-state index in [9.17, 15) is 13.2 Å². The van der Waals surface area contributed by atoms with Gasteiger partial charge < -0.3 is 10.1 Å². The molecule has 1 unspecified atom stereocenters. The number of ether oxygens (including phenoxy) is 1. The van der Waals surface area contributed by atoms with Crippen molar-refractivity contribution in [2.75, 3.05) is 12.3 Å². The summed E-state index contributed by atoms with van der Waals surface area (Å²) in [6, 6.07) is 7.60. The number of thioether (sulfide) groups is 1. The van der Waals surface area contributed by atoms with Gasteiger partial charge in [-0.05, 0) is 50.2 Å². The van der Waals surface area contributed by atoms with Gasteiger partial charge >= 0.3 is 5.51 Å². The van der Waals surface area contributed by atoms with Crippen LogP contribution in [-0.4, -0.2) is 23.9 Å². The molecule has 20 heavy (non-hydrogen) atoms. The fraction of sp³-hybridized carbons (Fsp3) is 0.571. The molecule has 1 atom stereocenters. The third-order valence-corrected chi connectivity index (χ3v) is 3.31. The Morgan fingerprint density at radius 1 is 1.15 bits per heavy atom. The predicted octanol–water partition coefficient (Wildman–Crippen LogP) is 4.38. The van der Waals surface area contributed by atoms with E-state index in [1.165, 1.54) is 0 Å². The van der Waals surface area contributed by atoms with Crippen LogP contribution in [0.2, 0.25) is 0 Å². The maximum Gasteiger partial charge on any atom is 0.441 e. The maximum atomic E-state index is 12.0. The molecule has 0 bridgehead atoms. The van der Waals surface area contributed by atoms with Crippen LogP contribution >= 0.6 is 11.8 Å². The smallest absolute Gasteiger partial charge is 0.441 e. The second-order valence-corrected chi connectivity index (χ2v) is 5.87. The highest BCUT2D eigenvalue weighted by atomic mass is 32.2. The Labute approximate surface area is 122 Å². The molecule has 0 radical (unpaired) electrons. The van der Waals surface area contributed by atoms with E-state index in [0.717, 1.165) is 11.3 Å². The standard InChI is InChI=1S/C14H20F3NOS/c1-10(2)19-13-6-4-12(5-7-13)11(3)18-8-9-20-14(15,16)17/h4-7,10-11,18H,8-9H2,1-3H3. The van der Waals surface area contributed by atoms with Gasteiger partial charge in [-0.1, -0.05) is 12.1 Å². The topological polar surface area (TPSA) is 21.3 Å². The number of rotatable bonds is 7. The summed E-state index contributed by atoms with van der Waals surface area (Å²) in [5.74, 6) is 0.811. The van der Waals surface area contributed by atoms with Crippen LogP contribution in [0, 0.1) is 0 Å². The molecule has 2 nitrogen and oxygen atoms in total. The lowest BCUT2D eigenvalue weighted by molar-refractivity contribution is -0.0327. The third kappa shape index (κ3) is 7.05. The lowest BCUT2D eigenvalue weighted by atomic mass is 10.1. The van der Waals surface area contributed by atoms with Gasteiger partial charge in [0.05, 0.1) is 6.10 Å². The van der Waals surface area contributed by atoms with E-state index >= 15 is 0 Å². The normalized spacial score (nSPS) is 13.6. The molecule has 0 aliphatic heterocycles. The molecule has 114 valence electrons. The highest BCUT2D eigenvalue weighted by molar-refractivity contribution is 8.00. The van der Waals surface area contributed by atoms with Crippen molar-refractivity contribution in [2.24, 2.45) is 0 Å². The van der Waals surface area contributed by atoms with Gasteiger partial charge in [0.25, 0.3) is 0 Å². The number of alkyl halides is 3. The molecule has 0 aliphatic rings. The minimum Gasteiger partial charge on any atom is -0.491 e. The highest BCUT2D eigenvalue weighted by Crippen LogP contribution is 2.29. The average Bonchev–Trinajstić information content (AvgIpc) is 2.33.